The zero-order valence-corrected chi connectivity index (χ0v) is 10.1. The fraction of sp³-hybridized carbons (Fsp3) is 0.400. The standard InChI is InChI=1S/C15H17NO/c1-2-5-12-10-15(12,17)14-13-7-4-3-6-11(13)8-9-16-14/h3-4,6-9,12,17H,2,5,10H2,1H3. The van der Waals surface area contributed by atoms with Crippen LogP contribution in [-0.2, 0) is 5.60 Å². The highest BCUT2D eigenvalue weighted by Crippen LogP contribution is 2.54. The highest BCUT2D eigenvalue weighted by molar-refractivity contribution is 5.85. The second-order valence-corrected chi connectivity index (χ2v) is 4.99. The fourth-order valence-electron chi connectivity index (χ4n) is 2.76. The SMILES string of the molecule is CCCC1CC1(O)c1nccc2ccccc12. The molecule has 1 aromatic carbocycles. The van der Waals surface area contributed by atoms with Crippen LogP contribution in [0, 0.1) is 5.92 Å². The molecule has 17 heavy (non-hydrogen) atoms. The molecule has 2 atom stereocenters. The summed E-state index contributed by atoms with van der Waals surface area (Å²) in [4.78, 5) is 4.42. The van der Waals surface area contributed by atoms with Crippen molar-refractivity contribution >= 4 is 10.8 Å². The molecule has 1 aliphatic rings. The number of rotatable bonds is 3. The summed E-state index contributed by atoms with van der Waals surface area (Å²) < 4.78 is 0. The zero-order valence-electron chi connectivity index (χ0n) is 10.1. The Morgan fingerprint density at radius 1 is 1.35 bits per heavy atom. The largest absolute Gasteiger partial charge is 0.383 e. The summed E-state index contributed by atoms with van der Waals surface area (Å²) in [5.74, 6) is 0.394. The van der Waals surface area contributed by atoms with Gasteiger partial charge < -0.3 is 5.11 Å². The van der Waals surface area contributed by atoms with Gasteiger partial charge in [0.2, 0.25) is 0 Å². The van der Waals surface area contributed by atoms with Crippen molar-refractivity contribution in [2.45, 2.75) is 31.8 Å². The van der Waals surface area contributed by atoms with Crippen molar-refractivity contribution in [1.82, 2.24) is 4.98 Å². The number of hydrogen-bond acceptors (Lipinski definition) is 2. The maximum atomic E-state index is 10.6. The topological polar surface area (TPSA) is 33.1 Å². The van der Waals surface area contributed by atoms with Crippen LogP contribution in [0.4, 0.5) is 0 Å². The molecule has 1 heterocycles. The highest BCUT2D eigenvalue weighted by atomic mass is 16.3. The first-order valence-corrected chi connectivity index (χ1v) is 6.32. The van der Waals surface area contributed by atoms with Crippen molar-refractivity contribution in [3.05, 3.63) is 42.2 Å². The zero-order chi connectivity index (χ0) is 11.9. The highest BCUT2D eigenvalue weighted by Gasteiger charge is 2.55. The van der Waals surface area contributed by atoms with Crippen LogP contribution in [0.1, 0.15) is 31.9 Å². The third-order valence-electron chi connectivity index (χ3n) is 3.79. The van der Waals surface area contributed by atoms with Crippen LogP contribution in [0.25, 0.3) is 10.8 Å². The molecule has 1 saturated carbocycles. The maximum Gasteiger partial charge on any atom is 0.110 e. The normalized spacial score (nSPS) is 27.3. The Bertz CT molecular complexity index is 546. The lowest BCUT2D eigenvalue weighted by Gasteiger charge is -2.12. The van der Waals surface area contributed by atoms with E-state index in [1.807, 2.05) is 18.2 Å². The molecule has 1 aromatic heterocycles. The van der Waals surface area contributed by atoms with E-state index in [2.05, 4.69) is 24.0 Å². The molecule has 2 unspecified atom stereocenters. The van der Waals surface area contributed by atoms with Gasteiger partial charge in [0.05, 0.1) is 5.69 Å². The van der Waals surface area contributed by atoms with Gasteiger partial charge in [-0.05, 0) is 30.2 Å². The Kier molecular flexibility index (Phi) is 2.40. The second-order valence-electron chi connectivity index (χ2n) is 4.99. The lowest BCUT2D eigenvalue weighted by molar-refractivity contribution is 0.126. The Morgan fingerprint density at radius 3 is 3.00 bits per heavy atom. The van der Waals surface area contributed by atoms with E-state index in [1.54, 1.807) is 6.20 Å². The van der Waals surface area contributed by atoms with Gasteiger partial charge in [-0.3, -0.25) is 4.98 Å². The van der Waals surface area contributed by atoms with E-state index in [9.17, 15) is 5.11 Å². The monoisotopic (exact) mass is 227 g/mol. The van der Waals surface area contributed by atoms with Gasteiger partial charge in [0.15, 0.2) is 0 Å². The Labute approximate surface area is 101 Å². The summed E-state index contributed by atoms with van der Waals surface area (Å²) >= 11 is 0. The molecule has 1 fully saturated rings. The van der Waals surface area contributed by atoms with Crippen LogP contribution in [-0.4, -0.2) is 10.1 Å². The number of aliphatic hydroxyl groups is 1. The molecule has 0 bridgehead atoms. The number of nitrogens with zero attached hydrogens (tertiary/aromatic N) is 1. The predicted octanol–water partition coefficient (Wildman–Crippen LogP) is 3.24. The molecule has 0 radical (unpaired) electrons. The fourth-order valence-corrected chi connectivity index (χ4v) is 2.76. The summed E-state index contributed by atoms with van der Waals surface area (Å²) in [6, 6.07) is 10.2. The van der Waals surface area contributed by atoms with Crippen molar-refractivity contribution in [2.24, 2.45) is 5.92 Å². The lowest BCUT2D eigenvalue weighted by Crippen LogP contribution is -2.11. The van der Waals surface area contributed by atoms with E-state index in [1.165, 1.54) is 0 Å². The first-order chi connectivity index (χ1) is 8.25. The van der Waals surface area contributed by atoms with Crippen molar-refractivity contribution in [3.8, 4) is 0 Å². The lowest BCUT2D eigenvalue weighted by atomic mass is 10.0. The summed E-state index contributed by atoms with van der Waals surface area (Å²) in [7, 11) is 0. The molecule has 2 nitrogen and oxygen atoms in total. The van der Waals surface area contributed by atoms with E-state index in [0.717, 1.165) is 35.7 Å². The third kappa shape index (κ3) is 1.64. The summed E-state index contributed by atoms with van der Waals surface area (Å²) in [6.07, 6.45) is 4.87. The van der Waals surface area contributed by atoms with Gasteiger partial charge in [0.25, 0.3) is 0 Å². The van der Waals surface area contributed by atoms with E-state index in [0.29, 0.717) is 5.92 Å². The van der Waals surface area contributed by atoms with Crippen LogP contribution in [0.2, 0.25) is 0 Å². The van der Waals surface area contributed by atoms with Crippen molar-refractivity contribution in [1.29, 1.82) is 0 Å². The van der Waals surface area contributed by atoms with Gasteiger partial charge in [-0.15, -0.1) is 0 Å². The average Bonchev–Trinajstić information content (AvgIpc) is 3.01. The molecule has 3 rings (SSSR count). The Morgan fingerprint density at radius 2 is 2.18 bits per heavy atom. The molecular formula is C15H17NO. The Hall–Kier alpha value is -1.41. The molecule has 1 N–H and O–H groups in total. The molecule has 2 aromatic rings. The summed E-state index contributed by atoms with van der Waals surface area (Å²) in [6.45, 7) is 2.16. The Balaban J connectivity index is 2.07. The first-order valence-electron chi connectivity index (χ1n) is 6.32. The third-order valence-corrected chi connectivity index (χ3v) is 3.79. The average molecular weight is 227 g/mol. The van der Waals surface area contributed by atoms with Gasteiger partial charge in [-0.25, -0.2) is 0 Å². The van der Waals surface area contributed by atoms with E-state index >= 15 is 0 Å². The molecule has 0 saturated heterocycles. The molecule has 1 aliphatic carbocycles. The van der Waals surface area contributed by atoms with Crippen LogP contribution < -0.4 is 0 Å². The molecular weight excluding hydrogens is 210 g/mol. The second kappa shape index (κ2) is 3.81. The first kappa shape index (κ1) is 10.7. The van der Waals surface area contributed by atoms with Crippen LogP contribution >= 0.6 is 0 Å². The predicted molar refractivity (Wildman–Crippen MR) is 68.7 cm³/mol. The smallest absolute Gasteiger partial charge is 0.110 e. The molecule has 0 amide bonds. The maximum absolute atomic E-state index is 10.6. The van der Waals surface area contributed by atoms with E-state index in [4.69, 9.17) is 0 Å². The van der Waals surface area contributed by atoms with Gasteiger partial charge in [-0.2, -0.15) is 0 Å². The minimum Gasteiger partial charge on any atom is -0.383 e. The molecule has 0 spiro atoms. The van der Waals surface area contributed by atoms with Crippen molar-refractivity contribution in [2.75, 3.05) is 0 Å². The van der Waals surface area contributed by atoms with Crippen LogP contribution in [0.5, 0.6) is 0 Å². The van der Waals surface area contributed by atoms with Gasteiger partial charge >= 0.3 is 0 Å². The van der Waals surface area contributed by atoms with Crippen molar-refractivity contribution in [3.63, 3.8) is 0 Å². The van der Waals surface area contributed by atoms with Gasteiger partial charge in [0, 0.05) is 11.6 Å². The van der Waals surface area contributed by atoms with E-state index in [-0.39, 0.29) is 0 Å². The summed E-state index contributed by atoms with van der Waals surface area (Å²) in [5, 5.41) is 12.9. The molecule has 0 aliphatic heterocycles. The van der Waals surface area contributed by atoms with E-state index < -0.39 is 5.60 Å². The number of fused-ring (bicyclic) bond motifs is 1. The minimum absolute atomic E-state index is 0.394. The van der Waals surface area contributed by atoms with Gasteiger partial charge in [0.1, 0.15) is 5.60 Å². The molecule has 2 heteroatoms. The van der Waals surface area contributed by atoms with Crippen LogP contribution in [0.15, 0.2) is 36.5 Å². The molecule has 88 valence electrons. The van der Waals surface area contributed by atoms with Crippen LogP contribution in [0.3, 0.4) is 0 Å². The quantitative estimate of drug-likeness (QED) is 0.873. The number of pyridine rings is 1. The van der Waals surface area contributed by atoms with Crippen molar-refractivity contribution < 1.29 is 5.11 Å². The number of benzene rings is 1. The number of hydrogen-bond donors (Lipinski definition) is 1. The summed E-state index contributed by atoms with van der Waals surface area (Å²) in [5.41, 5.74) is 0.200. The van der Waals surface area contributed by atoms with Gasteiger partial charge in [-0.1, -0.05) is 37.6 Å². The minimum atomic E-state index is -0.670. The number of aromatic nitrogens is 1.